The van der Waals surface area contributed by atoms with Gasteiger partial charge in [-0.15, -0.1) is 0 Å². The van der Waals surface area contributed by atoms with Crippen molar-refractivity contribution in [1.82, 2.24) is 20.1 Å². The molecule has 0 fully saturated rings. The third-order valence-electron chi connectivity index (χ3n) is 3.58. The van der Waals surface area contributed by atoms with Crippen molar-refractivity contribution in [1.29, 1.82) is 0 Å². The van der Waals surface area contributed by atoms with Crippen LogP contribution in [0.1, 0.15) is 44.0 Å². The molecule has 0 saturated heterocycles. The largest absolute Gasteiger partial charge is 0.480 e. The topological polar surface area (TPSA) is 97.1 Å². The number of carboxylic acid groups (broad SMARTS) is 1. The van der Waals surface area contributed by atoms with Crippen molar-refractivity contribution in [3.8, 4) is 5.69 Å². The SMILES string of the molecule is CC(C)(C)CCC(NC(=O)c1cccc(-n2cncn2)c1)C(=O)O. The van der Waals surface area contributed by atoms with Crippen LogP contribution in [0.5, 0.6) is 0 Å². The van der Waals surface area contributed by atoms with Crippen LogP contribution in [0.25, 0.3) is 5.69 Å². The second-order valence-corrected chi connectivity index (χ2v) is 6.85. The average Bonchev–Trinajstić information content (AvgIpc) is 3.04. The van der Waals surface area contributed by atoms with Gasteiger partial charge in [0.1, 0.15) is 18.7 Å². The zero-order chi connectivity index (χ0) is 17.7. The van der Waals surface area contributed by atoms with Gasteiger partial charge in [0.2, 0.25) is 0 Å². The highest BCUT2D eigenvalue weighted by Gasteiger charge is 2.23. The molecule has 1 unspecified atom stereocenters. The fraction of sp³-hybridized carbons (Fsp3) is 0.412. The minimum absolute atomic E-state index is 0.00539. The number of benzene rings is 1. The van der Waals surface area contributed by atoms with Gasteiger partial charge in [-0.3, -0.25) is 4.79 Å². The van der Waals surface area contributed by atoms with E-state index in [1.165, 1.54) is 17.3 Å². The standard InChI is InChI=1S/C17H22N4O3/c1-17(2,3)8-7-14(16(23)24)20-15(22)12-5-4-6-13(9-12)21-11-18-10-19-21/h4-6,9-11,14H,7-8H2,1-3H3,(H,20,22)(H,23,24). The predicted molar refractivity (Wildman–Crippen MR) is 88.9 cm³/mol. The van der Waals surface area contributed by atoms with E-state index in [9.17, 15) is 14.7 Å². The second kappa shape index (κ2) is 7.25. The van der Waals surface area contributed by atoms with E-state index in [4.69, 9.17) is 0 Å². The van der Waals surface area contributed by atoms with Crippen LogP contribution in [-0.4, -0.2) is 37.8 Å². The summed E-state index contributed by atoms with van der Waals surface area (Å²) in [6.07, 6.45) is 4.01. The number of rotatable bonds is 6. The summed E-state index contributed by atoms with van der Waals surface area (Å²) < 4.78 is 1.53. The first-order valence-corrected chi connectivity index (χ1v) is 7.75. The van der Waals surface area contributed by atoms with Gasteiger partial charge in [-0.05, 0) is 36.5 Å². The van der Waals surface area contributed by atoms with Crippen molar-refractivity contribution in [2.75, 3.05) is 0 Å². The number of aromatic nitrogens is 3. The minimum Gasteiger partial charge on any atom is -0.480 e. The molecule has 1 aromatic heterocycles. The number of carbonyl (C=O) groups is 2. The van der Waals surface area contributed by atoms with E-state index >= 15 is 0 Å². The molecule has 7 heteroatoms. The molecule has 0 spiro atoms. The average molecular weight is 330 g/mol. The van der Waals surface area contributed by atoms with Crippen molar-refractivity contribution < 1.29 is 14.7 Å². The lowest BCUT2D eigenvalue weighted by molar-refractivity contribution is -0.139. The summed E-state index contributed by atoms with van der Waals surface area (Å²) in [4.78, 5) is 27.7. The molecule has 24 heavy (non-hydrogen) atoms. The Morgan fingerprint density at radius 1 is 1.33 bits per heavy atom. The monoisotopic (exact) mass is 330 g/mol. The molecule has 2 rings (SSSR count). The Hall–Kier alpha value is -2.70. The van der Waals surface area contributed by atoms with Crippen LogP contribution in [-0.2, 0) is 4.79 Å². The Bertz CT molecular complexity index is 705. The summed E-state index contributed by atoms with van der Waals surface area (Å²) in [7, 11) is 0. The summed E-state index contributed by atoms with van der Waals surface area (Å²) in [5.41, 5.74) is 1.07. The zero-order valence-electron chi connectivity index (χ0n) is 14.1. The molecule has 0 bridgehead atoms. The van der Waals surface area contributed by atoms with Crippen LogP contribution in [0.4, 0.5) is 0 Å². The second-order valence-electron chi connectivity index (χ2n) is 6.85. The Morgan fingerprint density at radius 2 is 2.08 bits per heavy atom. The number of aliphatic carboxylic acids is 1. The van der Waals surface area contributed by atoms with Gasteiger partial charge in [-0.2, -0.15) is 5.10 Å². The van der Waals surface area contributed by atoms with Gasteiger partial charge in [0, 0.05) is 5.56 Å². The smallest absolute Gasteiger partial charge is 0.326 e. The van der Waals surface area contributed by atoms with Crippen molar-refractivity contribution in [3.05, 3.63) is 42.5 Å². The fourth-order valence-electron chi connectivity index (χ4n) is 2.21. The van der Waals surface area contributed by atoms with E-state index in [1.807, 2.05) is 20.8 Å². The Labute approximate surface area is 140 Å². The number of nitrogens with zero attached hydrogens (tertiary/aromatic N) is 3. The lowest BCUT2D eigenvalue weighted by Gasteiger charge is -2.21. The number of carbonyl (C=O) groups excluding carboxylic acids is 1. The summed E-state index contributed by atoms with van der Waals surface area (Å²) in [6, 6.07) is 5.88. The Balaban J connectivity index is 2.10. The lowest BCUT2D eigenvalue weighted by atomic mass is 9.88. The van der Waals surface area contributed by atoms with E-state index in [2.05, 4.69) is 15.4 Å². The highest BCUT2D eigenvalue weighted by atomic mass is 16.4. The van der Waals surface area contributed by atoms with E-state index in [0.717, 1.165) is 0 Å². The number of hydrogen-bond donors (Lipinski definition) is 2. The summed E-state index contributed by atoms with van der Waals surface area (Å²) in [5, 5.41) is 15.9. The van der Waals surface area contributed by atoms with E-state index in [1.54, 1.807) is 24.3 Å². The van der Waals surface area contributed by atoms with E-state index < -0.39 is 17.9 Å². The third-order valence-corrected chi connectivity index (χ3v) is 3.58. The molecule has 0 aliphatic rings. The molecule has 2 N–H and O–H groups in total. The molecule has 0 saturated carbocycles. The number of nitrogens with one attached hydrogen (secondary N) is 1. The minimum atomic E-state index is -1.03. The van der Waals surface area contributed by atoms with Crippen LogP contribution in [0.15, 0.2) is 36.9 Å². The Morgan fingerprint density at radius 3 is 2.67 bits per heavy atom. The molecule has 1 atom stereocenters. The van der Waals surface area contributed by atoms with Gasteiger partial charge >= 0.3 is 5.97 Å². The van der Waals surface area contributed by atoms with Crippen LogP contribution in [0, 0.1) is 5.41 Å². The predicted octanol–water partition coefficient (Wildman–Crippen LogP) is 2.28. The van der Waals surface area contributed by atoms with Crippen molar-refractivity contribution in [3.63, 3.8) is 0 Å². The van der Waals surface area contributed by atoms with Gasteiger partial charge in [0.15, 0.2) is 0 Å². The molecule has 128 valence electrons. The van der Waals surface area contributed by atoms with Crippen molar-refractivity contribution in [2.45, 2.75) is 39.7 Å². The molecule has 0 aliphatic heterocycles. The number of hydrogen-bond acceptors (Lipinski definition) is 4. The van der Waals surface area contributed by atoms with Crippen LogP contribution < -0.4 is 5.32 Å². The van der Waals surface area contributed by atoms with Gasteiger partial charge in [-0.1, -0.05) is 26.8 Å². The Kier molecular flexibility index (Phi) is 5.33. The lowest BCUT2D eigenvalue weighted by Crippen LogP contribution is -2.41. The molecule has 1 amide bonds. The summed E-state index contributed by atoms with van der Waals surface area (Å²) in [5.74, 6) is -1.45. The maximum Gasteiger partial charge on any atom is 0.326 e. The maximum absolute atomic E-state index is 12.4. The normalized spacial score (nSPS) is 12.6. The van der Waals surface area contributed by atoms with Crippen LogP contribution >= 0.6 is 0 Å². The van der Waals surface area contributed by atoms with Gasteiger partial charge in [-0.25, -0.2) is 14.5 Å². The zero-order valence-corrected chi connectivity index (χ0v) is 14.1. The van der Waals surface area contributed by atoms with Crippen LogP contribution in [0.2, 0.25) is 0 Å². The van der Waals surface area contributed by atoms with E-state index in [0.29, 0.717) is 24.1 Å². The molecule has 2 aromatic rings. The first kappa shape index (κ1) is 17.7. The molecule has 0 aliphatic carbocycles. The third kappa shape index (κ3) is 4.91. The first-order valence-electron chi connectivity index (χ1n) is 7.75. The van der Waals surface area contributed by atoms with Crippen molar-refractivity contribution >= 4 is 11.9 Å². The van der Waals surface area contributed by atoms with Crippen molar-refractivity contribution in [2.24, 2.45) is 5.41 Å². The molecular formula is C17H22N4O3. The maximum atomic E-state index is 12.4. The molecule has 1 heterocycles. The highest BCUT2D eigenvalue weighted by molar-refractivity contribution is 5.97. The van der Waals surface area contributed by atoms with Gasteiger partial charge < -0.3 is 10.4 Å². The van der Waals surface area contributed by atoms with Crippen LogP contribution in [0.3, 0.4) is 0 Å². The molecule has 1 aromatic carbocycles. The number of carboxylic acids is 1. The first-order chi connectivity index (χ1) is 11.3. The summed E-state index contributed by atoms with van der Waals surface area (Å²) in [6.45, 7) is 6.11. The van der Waals surface area contributed by atoms with Gasteiger partial charge in [0.25, 0.3) is 5.91 Å². The summed E-state index contributed by atoms with van der Waals surface area (Å²) >= 11 is 0. The van der Waals surface area contributed by atoms with E-state index in [-0.39, 0.29) is 5.41 Å². The fourth-order valence-corrected chi connectivity index (χ4v) is 2.21. The quantitative estimate of drug-likeness (QED) is 0.847. The molecular weight excluding hydrogens is 308 g/mol. The highest BCUT2D eigenvalue weighted by Crippen LogP contribution is 2.22. The molecule has 0 radical (unpaired) electrons. The number of amides is 1. The molecule has 7 nitrogen and oxygen atoms in total. The van der Waals surface area contributed by atoms with Gasteiger partial charge in [0.05, 0.1) is 5.69 Å².